The highest BCUT2D eigenvalue weighted by molar-refractivity contribution is 6.04. The Labute approximate surface area is 114 Å². The number of alkyl halides is 3. The largest absolute Gasteiger partial charge is 0.416 e. The Hall–Kier alpha value is -1.56. The highest BCUT2D eigenvalue weighted by Gasteiger charge is 2.55. The van der Waals surface area contributed by atoms with Crippen LogP contribution < -0.4 is 5.32 Å². The van der Waals surface area contributed by atoms with Gasteiger partial charge in [-0.05, 0) is 42.6 Å². The Bertz CT molecular complexity index is 514. The first-order chi connectivity index (χ1) is 9.52. The zero-order valence-corrected chi connectivity index (χ0v) is 10.9. The lowest BCUT2D eigenvalue weighted by Crippen LogP contribution is -2.20. The minimum absolute atomic E-state index is 0.299. The number of oxime groups is 1. The summed E-state index contributed by atoms with van der Waals surface area (Å²) in [6, 6.07) is 5.14. The molecule has 6 heteroatoms. The molecule has 2 fully saturated rings. The Morgan fingerprint density at radius 3 is 2.30 bits per heavy atom. The van der Waals surface area contributed by atoms with Gasteiger partial charge in [0.1, 0.15) is 7.11 Å². The van der Waals surface area contributed by atoms with Crippen molar-refractivity contribution in [1.29, 1.82) is 0 Å². The van der Waals surface area contributed by atoms with Gasteiger partial charge >= 0.3 is 6.18 Å². The molecule has 2 atom stereocenters. The van der Waals surface area contributed by atoms with Crippen molar-refractivity contribution >= 4 is 5.71 Å². The van der Waals surface area contributed by atoms with Crippen LogP contribution in [0.3, 0.4) is 0 Å². The van der Waals surface area contributed by atoms with Gasteiger partial charge in [0.15, 0.2) is 0 Å². The van der Waals surface area contributed by atoms with Crippen LogP contribution in [0.15, 0.2) is 29.4 Å². The Balaban J connectivity index is 1.84. The Morgan fingerprint density at radius 2 is 1.80 bits per heavy atom. The second-order valence-electron chi connectivity index (χ2n) is 5.25. The molecule has 1 aliphatic carbocycles. The fourth-order valence-corrected chi connectivity index (χ4v) is 3.06. The zero-order valence-electron chi connectivity index (χ0n) is 10.9. The lowest BCUT2D eigenvalue weighted by molar-refractivity contribution is -0.137. The molecule has 0 bridgehead atoms. The van der Waals surface area contributed by atoms with Crippen molar-refractivity contribution in [2.75, 3.05) is 20.2 Å². The van der Waals surface area contributed by atoms with E-state index in [1.54, 1.807) is 0 Å². The molecule has 1 saturated heterocycles. The number of fused-ring (bicyclic) bond motifs is 1. The Kier molecular flexibility index (Phi) is 3.20. The summed E-state index contributed by atoms with van der Waals surface area (Å²) in [5, 5.41) is 7.32. The standard InChI is InChI=1S/C14H15F3N2O/c1-20-19-13(12-10-6-18-7-11(10)12)8-2-4-9(5-3-8)14(15,16)17/h2-5,10-12,18H,6-7H2,1H3. The minimum atomic E-state index is -4.31. The van der Waals surface area contributed by atoms with E-state index in [9.17, 15) is 13.2 Å². The van der Waals surface area contributed by atoms with E-state index in [0.29, 0.717) is 23.3 Å². The van der Waals surface area contributed by atoms with Crippen LogP contribution in [0.25, 0.3) is 0 Å². The van der Waals surface area contributed by atoms with Gasteiger partial charge in [0.05, 0.1) is 11.3 Å². The molecular formula is C14H15F3N2O. The molecule has 0 aromatic heterocycles. The van der Waals surface area contributed by atoms with Gasteiger partial charge in [0.2, 0.25) is 0 Å². The number of benzene rings is 1. The van der Waals surface area contributed by atoms with Crippen LogP contribution in [-0.4, -0.2) is 25.9 Å². The summed E-state index contributed by atoms with van der Waals surface area (Å²) in [7, 11) is 1.46. The topological polar surface area (TPSA) is 33.6 Å². The molecule has 0 radical (unpaired) electrons. The summed E-state index contributed by atoms with van der Waals surface area (Å²) < 4.78 is 37.7. The first-order valence-electron chi connectivity index (χ1n) is 6.52. The highest BCUT2D eigenvalue weighted by Crippen LogP contribution is 2.50. The first kappa shape index (κ1) is 13.4. The van der Waals surface area contributed by atoms with Crippen molar-refractivity contribution in [2.24, 2.45) is 22.9 Å². The molecule has 2 aliphatic rings. The Morgan fingerprint density at radius 1 is 1.20 bits per heavy atom. The van der Waals surface area contributed by atoms with Crippen molar-refractivity contribution in [1.82, 2.24) is 5.32 Å². The van der Waals surface area contributed by atoms with Crippen molar-refractivity contribution in [3.8, 4) is 0 Å². The van der Waals surface area contributed by atoms with Crippen molar-refractivity contribution in [2.45, 2.75) is 6.18 Å². The number of nitrogens with zero attached hydrogens (tertiary/aromatic N) is 1. The molecule has 3 rings (SSSR count). The second kappa shape index (κ2) is 4.77. The molecule has 1 aromatic carbocycles. The average molecular weight is 284 g/mol. The molecule has 1 aromatic rings. The number of halogens is 3. The molecule has 108 valence electrons. The van der Waals surface area contributed by atoms with Crippen LogP contribution in [0.4, 0.5) is 13.2 Å². The summed E-state index contributed by atoms with van der Waals surface area (Å²) >= 11 is 0. The summed E-state index contributed by atoms with van der Waals surface area (Å²) in [5.41, 5.74) is 0.827. The molecule has 1 aliphatic heterocycles. The van der Waals surface area contributed by atoms with E-state index in [1.165, 1.54) is 19.2 Å². The lowest BCUT2D eigenvalue weighted by Gasteiger charge is -2.11. The molecule has 2 unspecified atom stereocenters. The molecule has 20 heavy (non-hydrogen) atoms. The van der Waals surface area contributed by atoms with Gasteiger partial charge in [-0.3, -0.25) is 0 Å². The molecular weight excluding hydrogens is 269 g/mol. The van der Waals surface area contributed by atoms with Gasteiger partial charge in [0, 0.05) is 5.92 Å². The maximum atomic E-state index is 12.6. The number of nitrogens with one attached hydrogen (secondary N) is 1. The number of piperidine rings is 1. The molecule has 1 saturated carbocycles. The summed E-state index contributed by atoms with van der Waals surface area (Å²) in [5.74, 6) is 1.37. The molecule has 0 amide bonds. The lowest BCUT2D eigenvalue weighted by atomic mass is 10.0. The van der Waals surface area contributed by atoms with Crippen LogP contribution in [0.5, 0.6) is 0 Å². The van der Waals surface area contributed by atoms with Crippen LogP contribution in [0.1, 0.15) is 11.1 Å². The summed E-state index contributed by atoms with van der Waals surface area (Å²) in [6.07, 6.45) is -4.31. The van der Waals surface area contributed by atoms with E-state index in [2.05, 4.69) is 10.5 Å². The van der Waals surface area contributed by atoms with E-state index in [0.717, 1.165) is 30.9 Å². The van der Waals surface area contributed by atoms with E-state index in [-0.39, 0.29) is 0 Å². The van der Waals surface area contributed by atoms with E-state index in [4.69, 9.17) is 4.84 Å². The van der Waals surface area contributed by atoms with Crippen molar-refractivity contribution < 1.29 is 18.0 Å². The van der Waals surface area contributed by atoms with Gasteiger partial charge < -0.3 is 10.2 Å². The zero-order chi connectivity index (χ0) is 14.3. The summed E-state index contributed by atoms with van der Waals surface area (Å²) in [6.45, 7) is 1.89. The fraction of sp³-hybridized carbons (Fsp3) is 0.500. The molecule has 0 spiro atoms. The van der Waals surface area contributed by atoms with Crippen LogP contribution in [-0.2, 0) is 11.0 Å². The predicted octanol–water partition coefficient (Wildman–Crippen LogP) is 2.52. The normalized spacial score (nSPS) is 29.2. The number of hydrogen-bond acceptors (Lipinski definition) is 3. The summed E-state index contributed by atoms with van der Waals surface area (Å²) in [4.78, 5) is 4.87. The third kappa shape index (κ3) is 2.28. The predicted molar refractivity (Wildman–Crippen MR) is 68.3 cm³/mol. The van der Waals surface area contributed by atoms with E-state index >= 15 is 0 Å². The maximum Gasteiger partial charge on any atom is 0.416 e. The third-order valence-electron chi connectivity index (χ3n) is 4.11. The minimum Gasteiger partial charge on any atom is -0.399 e. The van der Waals surface area contributed by atoms with Gasteiger partial charge in [-0.2, -0.15) is 13.2 Å². The van der Waals surface area contributed by atoms with E-state index < -0.39 is 11.7 Å². The number of rotatable bonds is 3. The smallest absolute Gasteiger partial charge is 0.399 e. The van der Waals surface area contributed by atoms with Gasteiger partial charge in [-0.15, -0.1) is 0 Å². The molecule has 1 heterocycles. The van der Waals surface area contributed by atoms with Gasteiger partial charge in [0.25, 0.3) is 0 Å². The van der Waals surface area contributed by atoms with Gasteiger partial charge in [-0.25, -0.2) is 0 Å². The quantitative estimate of drug-likeness (QED) is 0.683. The van der Waals surface area contributed by atoms with E-state index in [1.807, 2.05) is 0 Å². The maximum absolute atomic E-state index is 12.6. The molecule has 1 N–H and O–H groups in total. The molecule has 3 nitrogen and oxygen atoms in total. The second-order valence-corrected chi connectivity index (χ2v) is 5.25. The van der Waals surface area contributed by atoms with Crippen LogP contribution >= 0.6 is 0 Å². The number of hydrogen-bond donors (Lipinski definition) is 1. The van der Waals surface area contributed by atoms with Gasteiger partial charge in [-0.1, -0.05) is 17.3 Å². The monoisotopic (exact) mass is 284 g/mol. The first-order valence-corrected chi connectivity index (χ1v) is 6.52. The van der Waals surface area contributed by atoms with Crippen LogP contribution in [0.2, 0.25) is 0 Å². The highest BCUT2D eigenvalue weighted by atomic mass is 19.4. The van der Waals surface area contributed by atoms with Crippen molar-refractivity contribution in [3.05, 3.63) is 35.4 Å². The van der Waals surface area contributed by atoms with Crippen LogP contribution in [0, 0.1) is 17.8 Å². The average Bonchev–Trinajstić information content (AvgIpc) is 2.87. The SMILES string of the molecule is CON=C(c1ccc(C(F)(F)F)cc1)C1C2CNCC21. The third-order valence-corrected chi connectivity index (χ3v) is 4.11. The van der Waals surface area contributed by atoms with Crippen molar-refractivity contribution in [3.63, 3.8) is 0 Å². The fourth-order valence-electron chi connectivity index (χ4n) is 3.06.